The van der Waals surface area contributed by atoms with Crippen molar-refractivity contribution in [3.63, 3.8) is 0 Å². The Bertz CT molecular complexity index is 1910. The molecule has 0 fully saturated rings. The van der Waals surface area contributed by atoms with Crippen molar-refractivity contribution in [3.8, 4) is 22.3 Å². The molecule has 0 radical (unpaired) electrons. The Hall–Kier alpha value is -3.72. The van der Waals surface area contributed by atoms with Crippen LogP contribution in [0.15, 0.2) is 91.0 Å². The lowest BCUT2D eigenvalue weighted by atomic mass is 9.70. The second-order valence-electron chi connectivity index (χ2n) is 13.7. The SMILES string of the molecule is CC(C)(C)c1cc2ccc3ccc(-c4ccc5c(c4)C(CCCCO)(CCCCO)c4ccccc4-5)c4ccc(c1)c2c34. The van der Waals surface area contributed by atoms with E-state index in [1.54, 1.807) is 0 Å². The lowest BCUT2D eigenvalue weighted by Crippen LogP contribution is -2.25. The molecular formula is C41H42O2. The van der Waals surface area contributed by atoms with E-state index in [0.717, 1.165) is 38.5 Å². The van der Waals surface area contributed by atoms with Crippen LogP contribution in [0.1, 0.15) is 76.0 Å². The van der Waals surface area contributed by atoms with E-state index < -0.39 is 0 Å². The highest BCUT2D eigenvalue weighted by Crippen LogP contribution is 2.55. The maximum Gasteiger partial charge on any atom is 0.0431 e. The van der Waals surface area contributed by atoms with Gasteiger partial charge in [0.15, 0.2) is 0 Å². The van der Waals surface area contributed by atoms with Gasteiger partial charge in [-0.1, -0.05) is 106 Å². The molecule has 0 heterocycles. The molecule has 0 aromatic heterocycles. The topological polar surface area (TPSA) is 40.5 Å². The van der Waals surface area contributed by atoms with Crippen molar-refractivity contribution >= 4 is 32.3 Å². The summed E-state index contributed by atoms with van der Waals surface area (Å²) in [5.41, 5.74) is 9.37. The monoisotopic (exact) mass is 566 g/mol. The first-order valence-corrected chi connectivity index (χ1v) is 16.0. The Balaban J connectivity index is 1.43. The fourth-order valence-corrected chi connectivity index (χ4v) is 7.87. The molecule has 7 rings (SSSR count). The summed E-state index contributed by atoms with van der Waals surface area (Å²) in [6.07, 6.45) is 5.57. The number of hydrogen-bond acceptors (Lipinski definition) is 2. The summed E-state index contributed by atoms with van der Waals surface area (Å²) in [6.45, 7) is 7.32. The van der Waals surface area contributed by atoms with E-state index in [0.29, 0.717) is 0 Å². The molecule has 0 aliphatic heterocycles. The van der Waals surface area contributed by atoms with Crippen molar-refractivity contribution in [2.24, 2.45) is 0 Å². The van der Waals surface area contributed by atoms with Crippen LogP contribution in [-0.4, -0.2) is 23.4 Å². The Morgan fingerprint density at radius 3 is 1.86 bits per heavy atom. The summed E-state index contributed by atoms with van der Waals surface area (Å²) in [4.78, 5) is 0. The molecule has 0 saturated heterocycles. The minimum atomic E-state index is -0.112. The predicted octanol–water partition coefficient (Wildman–Crippen LogP) is 10.1. The van der Waals surface area contributed by atoms with E-state index in [1.165, 1.54) is 71.3 Å². The van der Waals surface area contributed by atoms with Gasteiger partial charge in [-0.3, -0.25) is 0 Å². The van der Waals surface area contributed by atoms with Gasteiger partial charge in [0, 0.05) is 18.6 Å². The van der Waals surface area contributed by atoms with Crippen LogP contribution in [0.5, 0.6) is 0 Å². The summed E-state index contributed by atoms with van der Waals surface area (Å²) in [5, 5.41) is 27.3. The van der Waals surface area contributed by atoms with Crippen molar-refractivity contribution in [2.75, 3.05) is 13.2 Å². The van der Waals surface area contributed by atoms with Crippen LogP contribution in [0, 0.1) is 0 Å². The standard InChI is InChI=1S/C41H42O2/c1-40(2,3)31-24-29-13-12-27-14-17-32(35-19-16-30(25-31)38(29)39(27)35)28-15-18-34-33-10-4-5-11-36(33)41(37(34)26-28,20-6-8-22-42)21-7-9-23-43/h4-5,10-19,24-26,42-43H,6-9,20-23H2,1-3H3. The number of hydrogen-bond donors (Lipinski definition) is 2. The molecule has 6 aromatic rings. The number of benzene rings is 6. The summed E-state index contributed by atoms with van der Waals surface area (Å²) in [5.74, 6) is 0. The van der Waals surface area contributed by atoms with Crippen LogP contribution in [-0.2, 0) is 10.8 Å². The van der Waals surface area contributed by atoms with E-state index >= 15 is 0 Å². The van der Waals surface area contributed by atoms with Crippen molar-refractivity contribution in [1.29, 1.82) is 0 Å². The fraction of sp³-hybridized carbons (Fsp3) is 0.317. The summed E-state index contributed by atoms with van der Waals surface area (Å²) >= 11 is 0. The van der Waals surface area contributed by atoms with Gasteiger partial charge in [0.25, 0.3) is 0 Å². The summed E-state index contributed by atoms with van der Waals surface area (Å²) < 4.78 is 0. The van der Waals surface area contributed by atoms with Gasteiger partial charge in [0.05, 0.1) is 0 Å². The zero-order chi connectivity index (χ0) is 29.8. The molecular weight excluding hydrogens is 524 g/mol. The minimum absolute atomic E-state index is 0.0957. The molecule has 43 heavy (non-hydrogen) atoms. The highest BCUT2D eigenvalue weighted by molar-refractivity contribution is 6.25. The zero-order valence-corrected chi connectivity index (χ0v) is 25.7. The lowest BCUT2D eigenvalue weighted by molar-refractivity contribution is 0.266. The second kappa shape index (κ2) is 10.8. The molecule has 0 bridgehead atoms. The van der Waals surface area contributed by atoms with E-state index in [2.05, 4.69) is 112 Å². The van der Waals surface area contributed by atoms with Crippen molar-refractivity contribution in [3.05, 3.63) is 108 Å². The first-order chi connectivity index (χ1) is 20.9. The molecule has 0 unspecified atom stereocenters. The average Bonchev–Trinajstić information content (AvgIpc) is 3.28. The van der Waals surface area contributed by atoms with Crippen LogP contribution in [0.3, 0.4) is 0 Å². The maximum absolute atomic E-state index is 9.66. The van der Waals surface area contributed by atoms with Gasteiger partial charge in [-0.05, 0) is 121 Å². The third-order valence-corrected chi connectivity index (χ3v) is 10.1. The molecule has 2 N–H and O–H groups in total. The van der Waals surface area contributed by atoms with Gasteiger partial charge < -0.3 is 10.2 Å². The molecule has 0 spiro atoms. The molecule has 0 saturated carbocycles. The van der Waals surface area contributed by atoms with E-state index in [9.17, 15) is 10.2 Å². The molecule has 1 aliphatic carbocycles. The Morgan fingerprint density at radius 2 is 1.16 bits per heavy atom. The van der Waals surface area contributed by atoms with Gasteiger partial charge >= 0.3 is 0 Å². The van der Waals surface area contributed by atoms with Crippen LogP contribution in [0.25, 0.3) is 54.6 Å². The number of unbranched alkanes of at least 4 members (excludes halogenated alkanes) is 2. The largest absolute Gasteiger partial charge is 0.396 e. The summed E-state index contributed by atoms with van der Waals surface area (Å²) in [7, 11) is 0. The normalized spacial score (nSPS) is 14.2. The van der Waals surface area contributed by atoms with Crippen molar-refractivity contribution in [2.45, 2.75) is 70.1 Å². The minimum Gasteiger partial charge on any atom is -0.396 e. The third kappa shape index (κ3) is 4.55. The Kier molecular flexibility index (Phi) is 7.03. The van der Waals surface area contributed by atoms with Gasteiger partial charge in [0.2, 0.25) is 0 Å². The lowest BCUT2D eigenvalue weighted by Gasteiger charge is -2.33. The molecule has 2 heteroatoms. The Morgan fingerprint density at radius 1 is 0.558 bits per heavy atom. The molecule has 0 atom stereocenters. The van der Waals surface area contributed by atoms with E-state index in [4.69, 9.17) is 0 Å². The Labute approximate surface area is 255 Å². The van der Waals surface area contributed by atoms with Gasteiger partial charge in [-0.2, -0.15) is 0 Å². The third-order valence-electron chi connectivity index (χ3n) is 10.1. The highest BCUT2D eigenvalue weighted by Gasteiger charge is 2.42. The van der Waals surface area contributed by atoms with Crippen LogP contribution >= 0.6 is 0 Å². The molecule has 0 amide bonds. The molecule has 218 valence electrons. The second-order valence-corrected chi connectivity index (χ2v) is 13.7. The highest BCUT2D eigenvalue weighted by atomic mass is 16.3. The number of aliphatic hydroxyl groups is 2. The fourth-order valence-electron chi connectivity index (χ4n) is 7.87. The first kappa shape index (κ1) is 28.1. The van der Waals surface area contributed by atoms with Crippen LogP contribution in [0.4, 0.5) is 0 Å². The molecule has 2 nitrogen and oxygen atoms in total. The molecule has 6 aromatic carbocycles. The molecule has 1 aliphatic rings. The number of fused-ring (bicyclic) bond motifs is 3. The maximum atomic E-state index is 9.66. The van der Waals surface area contributed by atoms with E-state index in [1.807, 2.05) is 0 Å². The van der Waals surface area contributed by atoms with Gasteiger partial charge in [-0.25, -0.2) is 0 Å². The predicted molar refractivity (Wildman–Crippen MR) is 182 cm³/mol. The van der Waals surface area contributed by atoms with Crippen LogP contribution < -0.4 is 0 Å². The van der Waals surface area contributed by atoms with Crippen LogP contribution in [0.2, 0.25) is 0 Å². The van der Waals surface area contributed by atoms with Crippen molar-refractivity contribution < 1.29 is 10.2 Å². The summed E-state index contributed by atoms with van der Waals surface area (Å²) in [6, 6.07) is 34.6. The average molecular weight is 567 g/mol. The number of rotatable bonds is 9. The van der Waals surface area contributed by atoms with Gasteiger partial charge in [0.1, 0.15) is 0 Å². The number of aliphatic hydroxyl groups excluding tert-OH is 2. The first-order valence-electron chi connectivity index (χ1n) is 16.0. The quantitative estimate of drug-likeness (QED) is 0.135. The smallest absolute Gasteiger partial charge is 0.0431 e. The van der Waals surface area contributed by atoms with Crippen molar-refractivity contribution in [1.82, 2.24) is 0 Å². The van der Waals surface area contributed by atoms with E-state index in [-0.39, 0.29) is 24.0 Å². The zero-order valence-electron chi connectivity index (χ0n) is 25.7. The van der Waals surface area contributed by atoms with Gasteiger partial charge in [-0.15, -0.1) is 0 Å².